The van der Waals surface area contributed by atoms with Crippen molar-refractivity contribution in [3.8, 4) is 17.2 Å². The third-order valence-electron chi connectivity index (χ3n) is 4.29. The highest BCUT2D eigenvalue weighted by molar-refractivity contribution is 5.90. The molecule has 1 aliphatic rings. The Morgan fingerprint density at radius 2 is 1.71 bits per heavy atom. The average molecular weight is 334 g/mol. The van der Waals surface area contributed by atoms with Gasteiger partial charge in [-0.25, -0.2) is 4.98 Å². The summed E-state index contributed by atoms with van der Waals surface area (Å²) in [5, 5.41) is 0.355. The van der Waals surface area contributed by atoms with Crippen LogP contribution in [0.3, 0.4) is 0 Å². The van der Waals surface area contributed by atoms with Gasteiger partial charge in [0.05, 0.1) is 26.8 Å². The highest BCUT2D eigenvalue weighted by Crippen LogP contribution is 2.41. The summed E-state index contributed by atoms with van der Waals surface area (Å²) >= 11 is 0. The van der Waals surface area contributed by atoms with E-state index in [1.54, 1.807) is 6.07 Å². The van der Waals surface area contributed by atoms with Crippen LogP contribution in [0, 0.1) is 0 Å². The first-order chi connectivity index (χ1) is 11.6. The third kappa shape index (κ3) is 2.73. The molecule has 1 aromatic carbocycles. The van der Waals surface area contributed by atoms with Crippen molar-refractivity contribution in [1.29, 1.82) is 0 Å². The summed E-state index contributed by atoms with van der Waals surface area (Å²) in [5.74, 6) is 1.75. The average Bonchev–Trinajstić information content (AvgIpc) is 2.60. The summed E-state index contributed by atoms with van der Waals surface area (Å²) in [4.78, 5) is 24.4. The normalized spacial score (nSPS) is 15.6. The maximum Gasteiger partial charge on any atom is 0.264 e. The van der Waals surface area contributed by atoms with Crippen LogP contribution < -0.4 is 24.7 Å². The Hall–Kier alpha value is -2.48. The van der Waals surface area contributed by atoms with E-state index in [9.17, 15) is 4.79 Å². The van der Waals surface area contributed by atoms with Crippen molar-refractivity contribution in [1.82, 2.24) is 14.9 Å². The molecule has 8 nitrogen and oxygen atoms in total. The van der Waals surface area contributed by atoms with Crippen LogP contribution in [0.4, 0.5) is 5.95 Å². The van der Waals surface area contributed by atoms with Gasteiger partial charge in [-0.1, -0.05) is 0 Å². The molecule has 0 unspecified atom stereocenters. The first-order valence-corrected chi connectivity index (χ1v) is 7.75. The fourth-order valence-electron chi connectivity index (χ4n) is 2.93. The van der Waals surface area contributed by atoms with Gasteiger partial charge in [-0.15, -0.1) is 0 Å². The van der Waals surface area contributed by atoms with Crippen molar-refractivity contribution in [2.45, 2.75) is 0 Å². The number of methoxy groups -OCH3 is 3. The number of aromatic amines is 1. The van der Waals surface area contributed by atoms with Crippen LogP contribution in [0.5, 0.6) is 17.2 Å². The Balaban J connectivity index is 2.16. The van der Waals surface area contributed by atoms with E-state index in [0.29, 0.717) is 34.1 Å². The highest BCUT2D eigenvalue weighted by Gasteiger charge is 2.22. The fraction of sp³-hybridized carbons (Fsp3) is 0.500. The van der Waals surface area contributed by atoms with E-state index in [0.717, 1.165) is 26.2 Å². The van der Waals surface area contributed by atoms with Gasteiger partial charge in [0.25, 0.3) is 5.56 Å². The van der Waals surface area contributed by atoms with Gasteiger partial charge in [0, 0.05) is 32.2 Å². The van der Waals surface area contributed by atoms with Crippen molar-refractivity contribution >= 4 is 16.9 Å². The number of piperazine rings is 1. The summed E-state index contributed by atoms with van der Waals surface area (Å²) in [6, 6.07) is 1.70. The van der Waals surface area contributed by atoms with Crippen LogP contribution >= 0.6 is 0 Å². The summed E-state index contributed by atoms with van der Waals surface area (Å²) in [7, 11) is 6.62. The van der Waals surface area contributed by atoms with Crippen molar-refractivity contribution in [2.24, 2.45) is 0 Å². The van der Waals surface area contributed by atoms with Gasteiger partial charge in [-0.3, -0.25) is 9.78 Å². The zero-order valence-corrected chi connectivity index (χ0v) is 14.4. The van der Waals surface area contributed by atoms with Gasteiger partial charge >= 0.3 is 0 Å². The van der Waals surface area contributed by atoms with Gasteiger partial charge < -0.3 is 24.0 Å². The Bertz CT molecular complexity index is 797. The molecule has 1 N–H and O–H groups in total. The van der Waals surface area contributed by atoms with Crippen LogP contribution in [0.1, 0.15) is 0 Å². The summed E-state index contributed by atoms with van der Waals surface area (Å²) in [6.45, 7) is 3.48. The molecule has 2 aromatic rings. The molecule has 0 saturated carbocycles. The number of ether oxygens (including phenoxy) is 3. The van der Waals surface area contributed by atoms with Crippen LogP contribution in [0.25, 0.3) is 10.9 Å². The molecule has 24 heavy (non-hydrogen) atoms. The second-order valence-corrected chi connectivity index (χ2v) is 5.72. The minimum Gasteiger partial charge on any atom is -0.493 e. The van der Waals surface area contributed by atoms with Gasteiger partial charge in [-0.05, 0) is 7.05 Å². The fourth-order valence-corrected chi connectivity index (χ4v) is 2.93. The van der Waals surface area contributed by atoms with Crippen molar-refractivity contribution < 1.29 is 14.2 Å². The maximum atomic E-state index is 12.6. The van der Waals surface area contributed by atoms with Crippen LogP contribution in [-0.2, 0) is 0 Å². The van der Waals surface area contributed by atoms with Crippen molar-refractivity contribution in [3.63, 3.8) is 0 Å². The van der Waals surface area contributed by atoms with E-state index in [2.05, 4.69) is 26.8 Å². The van der Waals surface area contributed by atoms with Crippen molar-refractivity contribution in [2.75, 3.05) is 59.5 Å². The maximum absolute atomic E-state index is 12.6. The number of aromatic nitrogens is 2. The van der Waals surface area contributed by atoms with Crippen LogP contribution in [0.2, 0.25) is 0 Å². The molecule has 0 spiro atoms. The lowest BCUT2D eigenvalue weighted by atomic mass is 10.2. The van der Waals surface area contributed by atoms with E-state index in [1.165, 1.54) is 21.3 Å². The lowest BCUT2D eigenvalue weighted by Gasteiger charge is -2.32. The number of H-pyrrole nitrogens is 1. The topological polar surface area (TPSA) is 79.9 Å². The van der Waals surface area contributed by atoms with Gasteiger partial charge in [-0.2, -0.15) is 0 Å². The molecule has 3 rings (SSSR count). The zero-order valence-electron chi connectivity index (χ0n) is 14.4. The number of fused-ring (bicyclic) bond motifs is 1. The second-order valence-electron chi connectivity index (χ2n) is 5.72. The molecule has 0 radical (unpaired) electrons. The van der Waals surface area contributed by atoms with E-state index >= 15 is 0 Å². The molecule has 1 aromatic heterocycles. The molecular formula is C16H22N4O4. The van der Waals surface area contributed by atoms with Gasteiger partial charge in [0.2, 0.25) is 11.7 Å². The number of rotatable bonds is 4. The predicted molar refractivity (Wildman–Crippen MR) is 91.7 cm³/mol. The molecule has 2 heterocycles. The summed E-state index contributed by atoms with van der Waals surface area (Å²) in [5.41, 5.74) is 0.258. The molecule has 1 fully saturated rings. The Morgan fingerprint density at radius 1 is 1.04 bits per heavy atom. The number of anilines is 1. The highest BCUT2D eigenvalue weighted by atomic mass is 16.5. The lowest BCUT2D eigenvalue weighted by Crippen LogP contribution is -2.45. The predicted octanol–water partition coefficient (Wildman–Crippen LogP) is 0.701. The molecule has 0 aliphatic carbocycles. The Kier molecular flexibility index (Phi) is 4.48. The van der Waals surface area contributed by atoms with Gasteiger partial charge in [0.15, 0.2) is 11.5 Å². The molecule has 1 saturated heterocycles. The number of nitrogens with one attached hydrogen (secondary N) is 1. The first-order valence-electron chi connectivity index (χ1n) is 7.75. The van der Waals surface area contributed by atoms with Crippen molar-refractivity contribution in [3.05, 3.63) is 16.4 Å². The third-order valence-corrected chi connectivity index (χ3v) is 4.29. The van der Waals surface area contributed by atoms with Gasteiger partial charge in [0.1, 0.15) is 5.39 Å². The zero-order chi connectivity index (χ0) is 17.3. The molecule has 0 amide bonds. The summed E-state index contributed by atoms with van der Waals surface area (Å²) < 4.78 is 16.1. The quantitative estimate of drug-likeness (QED) is 0.881. The molecule has 1 aliphatic heterocycles. The van der Waals surface area contributed by atoms with Crippen LogP contribution in [-0.4, -0.2) is 69.4 Å². The monoisotopic (exact) mass is 334 g/mol. The SMILES string of the molecule is COc1cc2nc(N3CCN(C)CC3)[nH]c(=O)c2c(OC)c1OC. The minimum atomic E-state index is -0.258. The Labute approximate surface area is 139 Å². The lowest BCUT2D eigenvalue weighted by molar-refractivity contribution is 0.311. The van der Waals surface area contributed by atoms with Crippen LogP contribution in [0.15, 0.2) is 10.9 Å². The molecule has 8 heteroatoms. The second kappa shape index (κ2) is 6.56. The van der Waals surface area contributed by atoms with E-state index in [-0.39, 0.29) is 5.56 Å². The Morgan fingerprint density at radius 3 is 2.29 bits per heavy atom. The molecule has 130 valence electrons. The summed E-state index contributed by atoms with van der Waals surface area (Å²) in [6.07, 6.45) is 0. The molecular weight excluding hydrogens is 312 g/mol. The van der Waals surface area contributed by atoms with E-state index < -0.39 is 0 Å². The van der Waals surface area contributed by atoms with E-state index in [1.807, 2.05) is 0 Å². The number of nitrogens with zero attached hydrogens (tertiary/aromatic N) is 3. The number of likely N-dealkylation sites (N-methyl/N-ethyl adjacent to an activating group) is 1. The largest absolute Gasteiger partial charge is 0.493 e. The standard InChI is InChI=1S/C16H22N4O4/c1-19-5-7-20(8-6-19)16-17-10-9-11(22-2)13(23-3)14(24-4)12(10)15(21)18-16/h9H,5-8H2,1-4H3,(H,17,18,21). The molecule has 0 bridgehead atoms. The molecule has 0 atom stereocenters. The smallest absolute Gasteiger partial charge is 0.264 e. The first kappa shape index (κ1) is 16.4. The number of hydrogen-bond donors (Lipinski definition) is 1. The minimum absolute atomic E-state index is 0.258. The van der Waals surface area contributed by atoms with E-state index in [4.69, 9.17) is 14.2 Å². The number of benzene rings is 1. The number of hydrogen-bond acceptors (Lipinski definition) is 7.